The number of phenols is 1. The molecule has 7 nitrogen and oxygen atoms in total. The molecule has 0 unspecified atom stereocenters. The number of hydrogen-bond donors (Lipinski definition) is 2. The summed E-state index contributed by atoms with van der Waals surface area (Å²) in [5, 5.41) is 20.0. The monoisotopic (exact) mass is 602 g/mol. The number of amides is 2. The zero-order valence-electron chi connectivity index (χ0n) is 25.5. The summed E-state index contributed by atoms with van der Waals surface area (Å²) in [7, 11) is 0. The SMILES string of the molecule is CCC/C(=C\c1ccc(O)c(F)c1)CC[C@H]1OC[C@H]2C1=C(CO)C[C@H]1C(=O)N(C3CCN(Cc4ccccc4)CC3)C(=O)[C@H]12. The van der Waals surface area contributed by atoms with Gasteiger partial charge in [-0.15, -0.1) is 0 Å². The minimum absolute atomic E-state index is 0.0637. The average molecular weight is 603 g/mol. The van der Waals surface area contributed by atoms with Crippen molar-refractivity contribution < 1.29 is 28.9 Å². The number of aromatic hydroxyl groups is 1. The van der Waals surface area contributed by atoms with E-state index in [1.54, 1.807) is 11.0 Å². The van der Waals surface area contributed by atoms with Gasteiger partial charge in [-0.2, -0.15) is 0 Å². The van der Waals surface area contributed by atoms with Crippen molar-refractivity contribution in [1.29, 1.82) is 0 Å². The number of carbonyl (C=O) groups excluding carboxylic acids is 2. The topological polar surface area (TPSA) is 90.3 Å². The first-order valence-corrected chi connectivity index (χ1v) is 16.1. The zero-order valence-corrected chi connectivity index (χ0v) is 25.5. The van der Waals surface area contributed by atoms with E-state index >= 15 is 0 Å². The van der Waals surface area contributed by atoms with Crippen LogP contribution in [0.4, 0.5) is 4.39 Å². The van der Waals surface area contributed by atoms with E-state index in [-0.39, 0.29) is 42.2 Å². The van der Waals surface area contributed by atoms with Crippen LogP contribution in [0, 0.1) is 23.6 Å². The van der Waals surface area contributed by atoms with Crippen LogP contribution in [-0.2, 0) is 20.9 Å². The van der Waals surface area contributed by atoms with E-state index in [9.17, 15) is 24.2 Å². The predicted octanol–water partition coefficient (Wildman–Crippen LogP) is 5.47. The molecule has 0 aromatic heterocycles. The average Bonchev–Trinajstić information content (AvgIpc) is 3.56. The summed E-state index contributed by atoms with van der Waals surface area (Å²) < 4.78 is 20.2. The summed E-state index contributed by atoms with van der Waals surface area (Å²) in [5.74, 6) is -2.20. The molecule has 234 valence electrons. The molecule has 2 aromatic carbocycles. The predicted molar refractivity (Wildman–Crippen MR) is 166 cm³/mol. The van der Waals surface area contributed by atoms with E-state index < -0.39 is 17.7 Å². The number of likely N-dealkylation sites (tertiary alicyclic amines) is 2. The van der Waals surface area contributed by atoms with Gasteiger partial charge in [-0.1, -0.05) is 61.4 Å². The van der Waals surface area contributed by atoms with E-state index in [2.05, 4.69) is 24.0 Å². The van der Waals surface area contributed by atoms with Gasteiger partial charge in [0.1, 0.15) is 0 Å². The van der Waals surface area contributed by atoms with Gasteiger partial charge in [0, 0.05) is 31.6 Å². The minimum atomic E-state index is -0.645. The number of ether oxygens (including phenoxy) is 1. The van der Waals surface area contributed by atoms with Crippen molar-refractivity contribution in [1.82, 2.24) is 9.80 Å². The number of imide groups is 1. The Balaban J connectivity index is 1.13. The fourth-order valence-corrected chi connectivity index (χ4v) is 7.94. The maximum Gasteiger partial charge on any atom is 0.234 e. The molecule has 4 aliphatic rings. The van der Waals surface area contributed by atoms with E-state index in [1.807, 2.05) is 24.3 Å². The molecule has 0 radical (unpaired) electrons. The molecule has 44 heavy (non-hydrogen) atoms. The number of phenolic OH excluding ortho intramolecular Hbond substituents is 1. The number of benzene rings is 2. The Morgan fingerprint density at radius 3 is 2.52 bits per heavy atom. The van der Waals surface area contributed by atoms with Crippen LogP contribution in [0.25, 0.3) is 6.08 Å². The molecule has 3 heterocycles. The van der Waals surface area contributed by atoms with Crippen LogP contribution in [-0.4, -0.2) is 70.3 Å². The molecule has 1 aliphatic carbocycles. The Hall–Kier alpha value is -3.33. The van der Waals surface area contributed by atoms with Gasteiger partial charge >= 0.3 is 0 Å². The second-order valence-electron chi connectivity index (χ2n) is 12.8. The molecule has 0 spiro atoms. The molecule has 2 amide bonds. The van der Waals surface area contributed by atoms with Gasteiger partial charge in [-0.3, -0.25) is 19.4 Å². The summed E-state index contributed by atoms with van der Waals surface area (Å²) >= 11 is 0. The molecule has 2 aromatic rings. The lowest BCUT2D eigenvalue weighted by Crippen LogP contribution is -2.47. The Kier molecular flexibility index (Phi) is 9.31. The second kappa shape index (κ2) is 13.3. The normalized spacial score (nSPS) is 26.4. The lowest BCUT2D eigenvalue weighted by molar-refractivity contribution is -0.144. The van der Waals surface area contributed by atoms with E-state index in [1.165, 1.54) is 17.7 Å². The molecule has 8 heteroatoms. The summed E-state index contributed by atoms with van der Waals surface area (Å²) in [6.45, 7) is 4.90. The van der Waals surface area contributed by atoms with Crippen molar-refractivity contribution in [2.45, 2.75) is 70.6 Å². The highest BCUT2D eigenvalue weighted by Gasteiger charge is 2.58. The molecular formula is C36H43FN2O5. The van der Waals surface area contributed by atoms with E-state index in [4.69, 9.17) is 4.74 Å². The number of nitrogens with zero attached hydrogens (tertiary/aromatic N) is 2. The van der Waals surface area contributed by atoms with Gasteiger partial charge in [0.2, 0.25) is 11.8 Å². The molecule has 4 atom stereocenters. The van der Waals surface area contributed by atoms with Gasteiger partial charge in [-0.25, -0.2) is 4.39 Å². The molecular weight excluding hydrogens is 559 g/mol. The first kappa shape index (κ1) is 30.7. The lowest BCUT2D eigenvalue weighted by atomic mass is 9.69. The number of hydrogen-bond acceptors (Lipinski definition) is 6. The van der Waals surface area contributed by atoms with Gasteiger partial charge in [0.25, 0.3) is 0 Å². The van der Waals surface area contributed by atoms with Gasteiger partial charge in [0.05, 0.1) is 31.2 Å². The van der Waals surface area contributed by atoms with Gasteiger partial charge in [0.15, 0.2) is 11.6 Å². The van der Waals surface area contributed by atoms with E-state index in [0.717, 1.165) is 68.5 Å². The Labute approximate surface area is 259 Å². The second-order valence-corrected chi connectivity index (χ2v) is 12.8. The molecule has 0 bridgehead atoms. The van der Waals surface area contributed by atoms with Crippen molar-refractivity contribution in [3.05, 3.63) is 82.2 Å². The van der Waals surface area contributed by atoms with Crippen LogP contribution >= 0.6 is 0 Å². The largest absolute Gasteiger partial charge is 0.505 e. The third kappa shape index (κ3) is 6.12. The number of aliphatic hydroxyl groups excluding tert-OH is 1. The maximum absolute atomic E-state index is 14.0. The summed E-state index contributed by atoms with van der Waals surface area (Å²) in [6.07, 6.45) is 6.90. The first-order valence-electron chi connectivity index (χ1n) is 16.1. The fourth-order valence-electron chi connectivity index (χ4n) is 7.94. The highest BCUT2D eigenvalue weighted by Crippen LogP contribution is 2.50. The molecule has 3 saturated heterocycles. The Morgan fingerprint density at radius 2 is 1.82 bits per heavy atom. The highest BCUT2D eigenvalue weighted by atomic mass is 19.1. The molecule has 0 saturated carbocycles. The number of halogens is 1. The van der Waals surface area contributed by atoms with Crippen molar-refractivity contribution in [2.24, 2.45) is 17.8 Å². The fraction of sp³-hybridized carbons (Fsp3) is 0.500. The van der Waals surface area contributed by atoms with Crippen molar-refractivity contribution >= 4 is 17.9 Å². The van der Waals surface area contributed by atoms with Crippen LogP contribution in [0.15, 0.2) is 65.3 Å². The Morgan fingerprint density at radius 1 is 1.05 bits per heavy atom. The first-order chi connectivity index (χ1) is 21.4. The molecule has 2 N–H and O–H groups in total. The van der Waals surface area contributed by atoms with Gasteiger partial charge in [-0.05, 0) is 72.9 Å². The van der Waals surface area contributed by atoms with E-state index in [0.29, 0.717) is 25.0 Å². The number of aliphatic hydroxyl groups is 1. The summed E-state index contributed by atoms with van der Waals surface area (Å²) in [4.78, 5) is 31.7. The molecule has 3 aliphatic heterocycles. The zero-order chi connectivity index (χ0) is 30.8. The van der Waals surface area contributed by atoms with Crippen molar-refractivity contribution in [3.8, 4) is 5.75 Å². The summed E-state index contributed by atoms with van der Waals surface area (Å²) in [6, 6.07) is 14.7. The number of piperidine rings is 1. The van der Waals surface area contributed by atoms with Crippen LogP contribution in [0.5, 0.6) is 5.75 Å². The van der Waals surface area contributed by atoms with Crippen LogP contribution in [0.3, 0.4) is 0 Å². The standard InChI is InChI=1S/C36H43FN2O5/c1-2-6-23(17-25-9-11-31(41)30(37)18-25)10-12-32-33-26(21-40)19-28-34(29(33)22-44-32)36(43)39(35(28)42)27-13-15-38(16-14-27)20-24-7-4-3-5-8-24/h3-5,7-9,11,17-18,27-29,32,34,40-41H,2,6,10,12-16,19-22H2,1H3/b23-17+/t28-,29+,32-,34-/m1/s1. The van der Waals surface area contributed by atoms with Crippen molar-refractivity contribution in [3.63, 3.8) is 0 Å². The Bertz CT molecular complexity index is 1430. The molecule has 6 rings (SSSR count). The number of allylic oxidation sites excluding steroid dienone is 1. The van der Waals surface area contributed by atoms with Crippen LogP contribution in [0.2, 0.25) is 0 Å². The van der Waals surface area contributed by atoms with Gasteiger partial charge < -0.3 is 14.9 Å². The van der Waals surface area contributed by atoms with Crippen LogP contribution in [0.1, 0.15) is 63.0 Å². The molecule has 3 fully saturated rings. The number of carbonyl (C=O) groups is 2. The minimum Gasteiger partial charge on any atom is -0.505 e. The quantitative estimate of drug-likeness (QED) is 0.277. The highest BCUT2D eigenvalue weighted by molar-refractivity contribution is 6.06. The van der Waals surface area contributed by atoms with Crippen LogP contribution < -0.4 is 0 Å². The smallest absolute Gasteiger partial charge is 0.234 e. The number of fused-ring (bicyclic) bond motifs is 3. The van der Waals surface area contributed by atoms with Crippen molar-refractivity contribution in [2.75, 3.05) is 26.3 Å². The third-order valence-corrected chi connectivity index (χ3v) is 10.0. The third-order valence-electron chi connectivity index (χ3n) is 10.0. The summed E-state index contributed by atoms with van der Waals surface area (Å²) in [5.41, 5.74) is 4.98. The number of rotatable bonds is 10. The maximum atomic E-state index is 14.0. The lowest BCUT2D eigenvalue weighted by Gasteiger charge is -2.36.